The molecular formula is C11H21N5OS. The smallest absolute Gasteiger partial charge is 0.167 e. The molecular weight excluding hydrogens is 250 g/mol. The van der Waals surface area contributed by atoms with Crippen LogP contribution in [0.1, 0.15) is 19.5 Å². The third kappa shape index (κ3) is 2.64. The number of nitrogens with zero attached hydrogens (tertiary/aromatic N) is 3. The average molecular weight is 271 g/mol. The highest BCUT2D eigenvalue weighted by atomic mass is 32.2. The molecule has 7 heteroatoms. The van der Waals surface area contributed by atoms with Crippen molar-refractivity contribution in [2.24, 2.45) is 0 Å². The van der Waals surface area contributed by atoms with E-state index in [0.29, 0.717) is 6.54 Å². The van der Waals surface area contributed by atoms with E-state index in [1.165, 1.54) is 5.69 Å². The highest BCUT2D eigenvalue weighted by Gasteiger charge is 2.41. The topological polar surface area (TPSA) is 62.2 Å². The lowest BCUT2D eigenvalue weighted by atomic mass is 10.0. The highest BCUT2D eigenvalue weighted by molar-refractivity contribution is 7.81. The minimum Gasteiger partial charge on any atom is -0.299 e. The van der Waals surface area contributed by atoms with Crippen molar-refractivity contribution in [1.29, 1.82) is 0 Å². The lowest BCUT2D eigenvalue weighted by Crippen LogP contribution is -2.52. The molecule has 1 aromatic rings. The first-order valence-electron chi connectivity index (χ1n) is 6.29. The maximum atomic E-state index is 11.4. The van der Waals surface area contributed by atoms with Gasteiger partial charge in [0.2, 0.25) is 0 Å². The fraction of sp³-hybridized carbons (Fsp3) is 0.727. The summed E-state index contributed by atoms with van der Waals surface area (Å²) in [6.07, 6.45) is 1.82. The highest BCUT2D eigenvalue weighted by Crippen LogP contribution is 2.20. The molecule has 2 atom stereocenters. The molecule has 0 bridgehead atoms. The molecule has 18 heavy (non-hydrogen) atoms. The summed E-state index contributed by atoms with van der Waals surface area (Å²) in [5, 5.41) is 4.32. The number of aromatic nitrogens is 2. The van der Waals surface area contributed by atoms with Crippen LogP contribution in [0.5, 0.6) is 0 Å². The van der Waals surface area contributed by atoms with Crippen LogP contribution in [0.4, 0.5) is 0 Å². The van der Waals surface area contributed by atoms with E-state index in [0.717, 1.165) is 19.6 Å². The van der Waals surface area contributed by atoms with E-state index in [4.69, 9.17) is 0 Å². The van der Waals surface area contributed by atoms with Crippen LogP contribution in [0.3, 0.4) is 0 Å². The number of hydrogen-bond donors (Lipinski definition) is 2. The Kier molecular flexibility index (Phi) is 4.16. The Bertz CT molecular complexity index is 435. The van der Waals surface area contributed by atoms with E-state index in [9.17, 15) is 4.21 Å². The molecule has 0 aromatic carbocycles. The predicted molar refractivity (Wildman–Crippen MR) is 71.9 cm³/mol. The van der Waals surface area contributed by atoms with Gasteiger partial charge in [0.15, 0.2) is 11.2 Å². The number of nitrogens with one attached hydrogen (secondary N) is 2. The van der Waals surface area contributed by atoms with Gasteiger partial charge >= 0.3 is 0 Å². The van der Waals surface area contributed by atoms with Crippen LogP contribution in [0, 0.1) is 0 Å². The molecule has 0 radical (unpaired) electrons. The summed E-state index contributed by atoms with van der Waals surface area (Å²) in [6, 6.07) is 2.04. The number of rotatable bonds is 0. The zero-order chi connectivity index (χ0) is 13.2. The van der Waals surface area contributed by atoms with Gasteiger partial charge in [-0.05, 0) is 13.1 Å². The van der Waals surface area contributed by atoms with E-state index >= 15 is 0 Å². The van der Waals surface area contributed by atoms with Gasteiger partial charge in [0, 0.05) is 25.8 Å². The average Bonchev–Trinajstić information content (AvgIpc) is 2.87. The van der Waals surface area contributed by atoms with E-state index in [-0.39, 0.29) is 5.54 Å². The molecule has 2 aliphatic heterocycles. The van der Waals surface area contributed by atoms with Crippen molar-refractivity contribution in [3.63, 3.8) is 0 Å². The first-order chi connectivity index (χ1) is 8.67. The van der Waals surface area contributed by atoms with Crippen LogP contribution in [-0.4, -0.2) is 44.6 Å². The predicted octanol–water partition coefficient (Wildman–Crippen LogP) is -0.135. The van der Waals surface area contributed by atoms with Gasteiger partial charge in [0.05, 0.1) is 17.8 Å². The monoisotopic (exact) mass is 271 g/mol. The van der Waals surface area contributed by atoms with Gasteiger partial charge < -0.3 is 0 Å². The van der Waals surface area contributed by atoms with Gasteiger partial charge in [-0.3, -0.25) is 9.58 Å². The molecule has 6 nitrogen and oxygen atoms in total. The van der Waals surface area contributed by atoms with Crippen LogP contribution < -0.4 is 9.44 Å². The van der Waals surface area contributed by atoms with Gasteiger partial charge in [-0.15, -0.1) is 0 Å². The minimum atomic E-state index is -1.11. The minimum absolute atomic E-state index is 0.170. The van der Waals surface area contributed by atoms with Crippen molar-refractivity contribution in [2.45, 2.75) is 32.5 Å². The number of hydrogen-bond acceptors (Lipinski definition) is 3. The van der Waals surface area contributed by atoms with Gasteiger partial charge in [-0.2, -0.15) is 5.10 Å². The summed E-state index contributed by atoms with van der Waals surface area (Å²) < 4.78 is 19.5. The Labute approximate surface area is 110 Å². The Balaban J connectivity index is 0.000000574. The second-order valence-corrected chi connectivity index (χ2v) is 5.65. The van der Waals surface area contributed by atoms with Crippen molar-refractivity contribution in [3.05, 3.63) is 18.0 Å². The van der Waals surface area contributed by atoms with Crippen LogP contribution in [0.2, 0.25) is 0 Å². The summed E-state index contributed by atoms with van der Waals surface area (Å²) in [6.45, 7) is 7.23. The second-order valence-electron chi connectivity index (χ2n) is 4.62. The maximum Gasteiger partial charge on any atom is 0.167 e. The molecule has 0 saturated carbocycles. The fourth-order valence-electron chi connectivity index (χ4n) is 2.47. The van der Waals surface area contributed by atoms with Crippen LogP contribution in [0.25, 0.3) is 0 Å². The molecule has 3 heterocycles. The molecule has 0 aliphatic carbocycles. The van der Waals surface area contributed by atoms with Crippen molar-refractivity contribution in [2.75, 3.05) is 20.1 Å². The first kappa shape index (κ1) is 13.7. The van der Waals surface area contributed by atoms with Crippen molar-refractivity contribution in [1.82, 2.24) is 24.1 Å². The zero-order valence-electron chi connectivity index (χ0n) is 11.1. The molecule has 1 spiro atoms. The summed E-state index contributed by atoms with van der Waals surface area (Å²) in [4.78, 5) is 2.23. The van der Waals surface area contributed by atoms with E-state index in [2.05, 4.69) is 26.5 Å². The molecule has 2 N–H and O–H groups in total. The summed E-state index contributed by atoms with van der Waals surface area (Å²) >= 11 is -1.11. The summed E-state index contributed by atoms with van der Waals surface area (Å²) in [7, 11) is 2.08. The Morgan fingerprint density at radius 3 is 2.89 bits per heavy atom. The van der Waals surface area contributed by atoms with Crippen molar-refractivity contribution < 1.29 is 4.21 Å². The summed E-state index contributed by atoms with van der Waals surface area (Å²) in [5.41, 5.74) is 1.04. The van der Waals surface area contributed by atoms with Crippen LogP contribution in [0.15, 0.2) is 12.3 Å². The van der Waals surface area contributed by atoms with E-state index < -0.39 is 11.2 Å². The van der Waals surface area contributed by atoms with Crippen LogP contribution >= 0.6 is 0 Å². The zero-order valence-corrected chi connectivity index (χ0v) is 12.0. The van der Waals surface area contributed by atoms with Gasteiger partial charge in [0.25, 0.3) is 0 Å². The molecule has 2 aliphatic rings. The van der Waals surface area contributed by atoms with Crippen molar-refractivity contribution in [3.8, 4) is 0 Å². The Morgan fingerprint density at radius 1 is 1.44 bits per heavy atom. The summed E-state index contributed by atoms with van der Waals surface area (Å²) in [5.74, 6) is 0. The molecule has 2 unspecified atom stereocenters. The van der Waals surface area contributed by atoms with E-state index in [1.54, 1.807) is 0 Å². The second kappa shape index (κ2) is 5.48. The van der Waals surface area contributed by atoms with Gasteiger partial charge in [0.1, 0.15) is 0 Å². The SMILES string of the molecule is CC.CN1Cc2ccnn2CC2(CNS(=O)N2)C1. The third-order valence-corrected chi connectivity index (χ3v) is 4.14. The first-order valence-corrected chi connectivity index (χ1v) is 7.44. The molecule has 102 valence electrons. The lowest BCUT2D eigenvalue weighted by molar-refractivity contribution is 0.237. The molecule has 1 fully saturated rings. The molecule has 3 rings (SSSR count). The Hall–Kier alpha value is -0.760. The van der Waals surface area contributed by atoms with Gasteiger partial charge in [-0.1, -0.05) is 13.8 Å². The maximum absolute atomic E-state index is 11.4. The molecule has 1 saturated heterocycles. The molecule has 0 amide bonds. The van der Waals surface area contributed by atoms with E-state index in [1.807, 2.05) is 30.8 Å². The number of fused-ring (bicyclic) bond motifs is 1. The quantitative estimate of drug-likeness (QED) is 0.691. The third-order valence-electron chi connectivity index (χ3n) is 3.11. The Morgan fingerprint density at radius 2 is 2.22 bits per heavy atom. The fourth-order valence-corrected chi connectivity index (χ4v) is 3.55. The van der Waals surface area contributed by atoms with Gasteiger partial charge in [-0.25, -0.2) is 13.7 Å². The van der Waals surface area contributed by atoms with Crippen LogP contribution in [-0.2, 0) is 24.3 Å². The normalized spacial score (nSPS) is 31.6. The van der Waals surface area contributed by atoms with Crippen molar-refractivity contribution >= 4 is 11.2 Å². The standard InChI is InChI=1S/C9H15N5OS.C2H6/c1-13-4-8-2-3-10-14(8)7-9(6-13)5-11-16(15)12-9;1-2/h2-3,11-12H,4-7H2,1H3;1-2H3. The largest absolute Gasteiger partial charge is 0.299 e. The number of likely N-dealkylation sites (N-methyl/N-ethyl adjacent to an activating group) is 1. The molecule has 1 aromatic heterocycles. The lowest BCUT2D eigenvalue weighted by Gasteiger charge is -2.28.